The molecule has 1 aliphatic heterocycles. The number of hydrogen-bond acceptors (Lipinski definition) is 3. The lowest BCUT2D eigenvalue weighted by Gasteiger charge is -2.39. The number of aliphatic carboxylic acids is 1. The van der Waals surface area contributed by atoms with Crippen molar-refractivity contribution in [1.29, 1.82) is 0 Å². The average molecular weight is 325 g/mol. The number of carbonyl (C=O) groups excluding carboxylic acids is 1. The molecule has 0 aromatic rings. The molecule has 5 nitrogen and oxygen atoms in total. The van der Waals surface area contributed by atoms with E-state index in [1.807, 2.05) is 11.8 Å². The zero-order chi connectivity index (χ0) is 16.7. The molecular weight excluding hydrogens is 294 g/mol. The number of nitrogens with zero attached hydrogens (tertiary/aromatic N) is 1. The normalized spacial score (nSPS) is 23.9. The predicted octanol–water partition coefficient (Wildman–Crippen LogP) is 3.08. The van der Waals surface area contributed by atoms with Crippen molar-refractivity contribution < 1.29 is 19.4 Å². The van der Waals surface area contributed by atoms with Gasteiger partial charge in [-0.1, -0.05) is 12.8 Å². The SMILES string of the molecule is CCOCCC1(C(=O)N2CCCC(CCC(=O)O)C2)CCCC1. The lowest BCUT2D eigenvalue weighted by molar-refractivity contribution is -0.145. The van der Waals surface area contributed by atoms with Crippen LogP contribution in [0.25, 0.3) is 0 Å². The number of carboxylic acid groups (broad SMARTS) is 1. The second-order valence-electron chi connectivity index (χ2n) is 7.13. The summed E-state index contributed by atoms with van der Waals surface area (Å²) in [6, 6.07) is 0. The summed E-state index contributed by atoms with van der Waals surface area (Å²) < 4.78 is 5.51. The Balaban J connectivity index is 1.94. The molecular formula is C18H31NO4. The highest BCUT2D eigenvalue weighted by Gasteiger charge is 2.43. The third kappa shape index (κ3) is 4.93. The number of carboxylic acids is 1. The van der Waals surface area contributed by atoms with Crippen molar-refractivity contribution in [1.82, 2.24) is 4.90 Å². The molecule has 1 atom stereocenters. The monoisotopic (exact) mass is 325 g/mol. The van der Waals surface area contributed by atoms with E-state index in [0.29, 0.717) is 31.5 Å². The summed E-state index contributed by atoms with van der Waals surface area (Å²) in [5, 5.41) is 8.86. The lowest BCUT2D eigenvalue weighted by atomic mass is 9.80. The molecule has 0 bridgehead atoms. The van der Waals surface area contributed by atoms with E-state index >= 15 is 0 Å². The van der Waals surface area contributed by atoms with E-state index in [2.05, 4.69) is 0 Å². The Morgan fingerprint density at radius 1 is 1.26 bits per heavy atom. The molecule has 132 valence electrons. The van der Waals surface area contributed by atoms with Gasteiger partial charge >= 0.3 is 5.97 Å². The molecule has 1 aliphatic carbocycles. The molecule has 2 aliphatic rings. The number of amides is 1. The number of rotatable bonds is 8. The van der Waals surface area contributed by atoms with Gasteiger partial charge in [0.2, 0.25) is 5.91 Å². The summed E-state index contributed by atoms with van der Waals surface area (Å²) in [5.74, 6) is -0.0960. The Bertz CT molecular complexity index is 404. The van der Waals surface area contributed by atoms with Crippen LogP contribution < -0.4 is 0 Å². The van der Waals surface area contributed by atoms with Crippen LogP contribution in [0.15, 0.2) is 0 Å². The van der Waals surface area contributed by atoms with E-state index < -0.39 is 5.97 Å². The maximum Gasteiger partial charge on any atom is 0.303 e. The second kappa shape index (κ2) is 8.67. The van der Waals surface area contributed by atoms with Gasteiger partial charge in [-0.05, 0) is 51.4 Å². The van der Waals surface area contributed by atoms with Gasteiger partial charge in [0.15, 0.2) is 0 Å². The van der Waals surface area contributed by atoms with Crippen LogP contribution in [0.3, 0.4) is 0 Å². The quantitative estimate of drug-likeness (QED) is 0.696. The average Bonchev–Trinajstić information content (AvgIpc) is 3.03. The van der Waals surface area contributed by atoms with Crippen LogP contribution in [0.5, 0.6) is 0 Å². The summed E-state index contributed by atoms with van der Waals surface area (Å²) in [6.45, 7) is 4.92. The third-order valence-corrected chi connectivity index (χ3v) is 5.52. The first kappa shape index (κ1) is 18.2. The summed E-state index contributed by atoms with van der Waals surface area (Å²) in [4.78, 5) is 25.9. The minimum atomic E-state index is -0.738. The van der Waals surface area contributed by atoms with E-state index in [9.17, 15) is 9.59 Å². The van der Waals surface area contributed by atoms with Crippen molar-refractivity contribution >= 4 is 11.9 Å². The van der Waals surface area contributed by atoms with Crippen LogP contribution in [0.1, 0.15) is 64.7 Å². The van der Waals surface area contributed by atoms with E-state index in [4.69, 9.17) is 9.84 Å². The fraction of sp³-hybridized carbons (Fsp3) is 0.889. The number of ether oxygens (including phenoxy) is 1. The fourth-order valence-corrected chi connectivity index (χ4v) is 4.18. The van der Waals surface area contributed by atoms with Gasteiger partial charge in [0.05, 0.1) is 5.41 Å². The summed E-state index contributed by atoms with van der Waals surface area (Å²) in [6.07, 6.45) is 8.00. The Morgan fingerprint density at radius 2 is 2.00 bits per heavy atom. The maximum absolute atomic E-state index is 13.2. The predicted molar refractivity (Wildman–Crippen MR) is 88.2 cm³/mol. The molecule has 0 aromatic carbocycles. The maximum atomic E-state index is 13.2. The van der Waals surface area contributed by atoms with Crippen LogP contribution in [-0.2, 0) is 14.3 Å². The van der Waals surface area contributed by atoms with Crippen molar-refractivity contribution in [3.05, 3.63) is 0 Å². The first-order valence-corrected chi connectivity index (χ1v) is 9.16. The number of carbonyl (C=O) groups is 2. The van der Waals surface area contributed by atoms with Crippen molar-refractivity contribution in [3.63, 3.8) is 0 Å². The van der Waals surface area contributed by atoms with Crippen LogP contribution in [0.4, 0.5) is 0 Å². The minimum Gasteiger partial charge on any atom is -0.481 e. The van der Waals surface area contributed by atoms with Crippen molar-refractivity contribution in [2.24, 2.45) is 11.3 Å². The minimum absolute atomic E-state index is 0.210. The van der Waals surface area contributed by atoms with Gasteiger partial charge in [-0.25, -0.2) is 0 Å². The van der Waals surface area contributed by atoms with Gasteiger partial charge < -0.3 is 14.7 Å². The smallest absolute Gasteiger partial charge is 0.303 e. The third-order valence-electron chi connectivity index (χ3n) is 5.52. The molecule has 1 saturated heterocycles. The van der Waals surface area contributed by atoms with Gasteiger partial charge in [0, 0.05) is 32.7 Å². The molecule has 2 fully saturated rings. The summed E-state index contributed by atoms with van der Waals surface area (Å²) in [5.41, 5.74) is -0.218. The summed E-state index contributed by atoms with van der Waals surface area (Å²) in [7, 11) is 0. The lowest BCUT2D eigenvalue weighted by Crippen LogP contribution is -2.47. The molecule has 0 radical (unpaired) electrons. The highest BCUT2D eigenvalue weighted by molar-refractivity contribution is 5.83. The topological polar surface area (TPSA) is 66.8 Å². The molecule has 1 unspecified atom stereocenters. The molecule has 0 aromatic heterocycles. The number of piperidine rings is 1. The molecule has 1 saturated carbocycles. The first-order chi connectivity index (χ1) is 11.1. The Labute approximate surface area is 139 Å². The van der Waals surface area contributed by atoms with Gasteiger partial charge in [-0.3, -0.25) is 9.59 Å². The Kier molecular flexibility index (Phi) is 6.88. The van der Waals surface area contributed by atoms with E-state index in [1.54, 1.807) is 0 Å². The van der Waals surface area contributed by atoms with Crippen LogP contribution in [0, 0.1) is 11.3 Å². The Hall–Kier alpha value is -1.10. The zero-order valence-corrected chi connectivity index (χ0v) is 14.4. The fourth-order valence-electron chi connectivity index (χ4n) is 4.18. The van der Waals surface area contributed by atoms with E-state index in [-0.39, 0.29) is 11.8 Å². The number of likely N-dealkylation sites (tertiary alicyclic amines) is 1. The highest BCUT2D eigenvalue weighted by atomic mass is 16.5. The molecule has 1 amide bonds. The highest BCUT2D eigenvalue weighted by Crippen LogP contribution is 2.43. The van der Waals surface area contributed by atoms with Crippen LogP contribution in [0.2, 0.25) is 0 Å². The van der Waals surface area contributed by atoms with Crippen molar-refractivity contribution in [3.8, 4) is 0 Å². The zero-order valence-electron chi connectivity index (χ0n) is 14.4. The molecule has 23 heavy (non-hydrogen) atoms. The van der Waals surface area contributed by atoms with Crippen molar-refractivity contribution in [2.75, 3.05) is 26.3 Å². The molecule has 1 heterocycles. The van der Waals surface area contributed by atoms with Crippen LogP contribution in [-0.4, -0.2) is 48.2 Å². The molecule has 2 rings (SSSR count). The standard InChI is InChI=1S/C18H31NO4/c1-2-23-13-11-18(9-3-4-10-18)17(22)19-12-5-6-15(14-19)7-8-16(20)21/h15H,2-14H2,1H3,(H,20,21). The largest absolute Gasteiger partial charge is 0.481 e. The van der Waals surface area contributed by atoms with Crippen molar-refractivity contribution in [2.45, 2.75) is 64.7 Å². The van der Waals surface area contributed by atoms with Gasteiger partial charge in [0.25, 0.3) is 0 Å². The molecule has 0 spiro atoms. The van der Waals surface area contributed by atoms with E-state index in [0.717, 1.165) is 58.0 Å². The second-order valence-corrected chi connectivity index (χ2v) is 7.13. The van der Waals surface area contributed by atoms with E-state index in [1.165, 1.54) is 0 Å². The van der Waals surface area contributed by atoms with Gasteiger partial charge in [-0.15, -0.1) is 0 Å². The van der Waals surface area contributed by atoms with Gasteiger partial charge in [-0.2, -0.15) is 0 Å². The Morgan fingerprint density at radius 3 is 2.65 bits per heavy atom. The summed E-state index contributed by atoms with van der Waals surface area (Å²) >= 11 is 0. The number of hydrogen-bond donors (Lipinski definition) is 1. The van der Waals surface area contributed by atoms with Crippen LogP contribution >= 0.6 is 0 Å². The first-order valence-electron chi connectivity index (χ1n) is 9.16. The van der Waals surface area contributed by atoms with Gasteiger partial charge in [0.1, 0.15) is 0 Å². The molecule has 5 heteroatoms. The molecule has 1 N–H and O–H groups in total.